The molecule has 1 N–H and O–H groups in total. The van der Waals surface area contributed by atoms with Crippen LogP contribution in [-0.4, -0.2) is 26.8 Å². The van der Waals surface area contributed by atoms with Crippen LogP contribution in [0.25, 0.3) is 0 Å². The van der Waals surface area contributed by atoms with E-state index in [-0.39, 0.29) is 22.9 Å². The van der Waals surface area contributed by atoms with Crippen LogP contribution in [0, 0.1) is 0 Å². The molecule has 5 heteroatoms. The molecule has 0 radical (unpaired) electrons. The maximum Gasteiger partial charge on any atom is 0.335 e. The zero-order valence-corrected chi connectivity index (χ0v) is 14.5. The fourth-order valence-electron chi connectivity index (χ4n) is 2.31. The molecule has 0 fully saturated rings. The third kappa shape index (κ3) is 4.86. The zero-order valence-electron chi connectivity index (χ0n) is 13.7. The number of carbonyl (C=O) groups excluding carboxylic acids is 1. The fourth-order valence-corrected chi connectivity index (χ4v) is 3.43. The van der Waals surface area contributed by atoms with Crippen molar-refractivity contribution in [3.63, 3.8) is 0 Å². The number of hydrogen-bond acceptors (Lipinski definition) is 3. The molecule has 0 bridgehead atoms. The van der Waals surface area contributed by atoms with Crippen molar-refractivity contribution in [2.75, 3.05) is 5.75 Å². The van der Waals surface area contributed by atoms with Gasteiger partial charge in [-0.25, -0.2) is 4.79 Å². The SMILES string of the molecule is CC(C)c1ccc(C(=O)CS(=O)Cc2cccc(C(=O)O)c2)cc1. The van der Waals surface area contributed by atoms with Crippen LogP contribution in [-0.2, 0) is 16.6 Å². The number of hydrogen-bond donors (Lipinski definition) is 1. The lowest BCUT2D eigenvalue weighted by atomic mass is 10.0. The van der Waals surface area contributed by atoms with Gasteiger partial charge in [0.1, 0.15) is 0 Å². The van der Waals surface area contributed by atoms with Crippen molar-refractivity contribution in [1.82, 2.24) is 0 Å². The fraction of sp³-hybridized carbons (Fsp3) is 0.263. The molecule has 1 atom stereocenters. The minimum Gasteiger partial charge on any atom is -0.478 e. The summed E-state index contributed by atoms with van der Waals surface area (Å²) >= 11 is 0. The average molecular weight is 344 g/mol. The van der Waals surface area contributed by atoms with Crippen molar-refractivity contribution in [3.8, 4) is 0 Å². The largest absolute Gasteiger partial charge is 0.478 e. The number of Topliss-reactive ketones (excluding diaryl/α,β-unsaturated/α-hetero) is 1. The van der Waals surface area contributed by atoms with Gasteiger partial charge in [0, 0.05) is 22.1 Å². The Bertz CT molecular complexity index is 763. The van der Waals surface area contributed by atoms with E-state index in [1.165, 1.54) is 12.1 Å². The molecule has 0 aliphatic rings. The first-order chi connectivity index (χ1) is 11.4. The van der Waals surface area contributed by atoms with E-state index in [0.29, 0.717) is 17.0 Å². The summed E-state index contributed by atoms with van der Waals surface area (Å²) in [6.07, 6.45) is 0. The highest BCUT2D eigenvalue weighted by Gasteiger charge is 2.13. The van der Waals surface area contributed by atoms with E-state index in [4.69, 9.17) is 5.11 Å². The van der Waals surface area contributed by atoms with Crippen LogP contribution in [0.3, 0.4) is 0 Å². The summed E-state index contributed by atoms with van der Waals surface area (Å²) in [7, 11) is -1.38. The van der Waals surface area contributed by atoms with Crippen LogP contribution in [0.4, 0.5) is 0 Å². The summed E-state index contributed by atoms with van der Waals surface area (Å²) in [5, 5.41) is 8.97. The Morgan fingerprint density at radius 3 is 2.29 bits per heavy atom. The standard InChI is InChI=1S/C19H20O4S/c1-13(2)15-6-8-16(9-7-15)18(20)12-24(23)11-14-4-3-5-17(10-14)19(21)22/h3-10,13H,11-12H2,1-2H3,(H,21,22). The van der Waals surface area contributed by atoms with Gasteiger partial charge in [0.25, 0.3) is 0 Å². The molecule has 24 heavy (non-hydrogen) atoms. The number of carbonyl (C=O) groups is 2. The Balaban J connectivity index is 2.00. The molecule has 126 valence electrons. The molecule has 0 spiro atoms. The maximum absolute atomic E-state index is 12.2. The van der Waals surface area contributed by atoms with E-state index >= 15 is 0 Å². The van der Waals surface area contributed by atoms with Gasteiger partial charge in [-0.15, -0.1) is 0 Å². The van der Waals surface area contributed by atoms with E-state index in [9.17, 15) is 13.8 Å². The van der Waals surface area contributed by atoms with Crippen molar-refractivity contribution < 1.29 is 18.9 Å². The first-order valence-electron chi connectivity index (χ1n) is 7.67. The van der Waals surface area contributed by atoms with Crippen LogP contribution in [0.5, 0.6) is 0 Å². The van der Waals surface area contributed by atoms with Crippen LogP contribution < -0.4 is 0 Å². The number of benzene rings is 2. The molecule has 0 heterocycles. The van der Waals surface area contributed by atoms with Gasteiger partial charge >= 0.3 is 5.97 Å². The lowest BCUT2D eigenvalue weighted by molar-refractivity contribution is 0.0696. The summed E-state index contributed by atoms with van der Waals surface area (Å²) in [6, 6.07) is 13.7. The molecule has 0 saturated heterocycles. The normalized spacial score (nSPS) is 12.1. The van der Waals surface area contributed by atoms with E-state index in [2.05, 4.69) is 13.8 Å². The van der Waals surface area contributed by atoms with Gasteiger partial charge in [-0.1, -0.05) is 50.2 Å². The minimum absolute atomic E-state index is 0.0711. The van der Waals surface area contributed by atoms with Crippen molar-refractivity contribution in [2.24, 2.45) is 0 Å². The monoisotopic (exact) mass is 344 g/mol. The van der Waals surface area contributed by atoms with E-state index in [1.807, 2.05) is 12.1 Å². The second kappa shape index (κ2) is 8.02. The van der Waals surface area contributed by atoms with E-state index in [0.717, 1.165) is 5.56 Å². The van der Waals surface area contributed by atoms with Crippen LogP contribution in [0.1, 0.15) is 51.6 Å². The molecule has 0 aliphatic carbocycles. The number of carboxylic acid groups (broad SMARTS) is 1. The van der Waals surface area contributed by atoms with Crippen LogP contribution in [0.2, 0.25) is 0 Å². The zero-order chi connectivity index (χ0) is 17.7. The van der Waals surface area contributed by atoms with Crippen molar-refractivity contribution in [3.05, 3.63) is 70.8 Å². The topological polar surface area (TPSA) is 71.4 Å². The highest BCUT2D eigenvalue weighted by atomic mass is 32.2. The van der Waals surface area contributed by atoms with Gasteiger partial charge in [0.2, 0.25) is 0 Å². The third-order valence-corrected chi connectivity index (χ3v) is 4.93. The Morgan fingerprint density at radius 2 is 1.71 bits per heavy atom. The van der Waals surface area contributed by atoms with Crippen molar-refractivity contribution in [1.29, 1.82) is 0 Å². The Kier molecular flexibility index (Phi) is 6.04. The summed E-state index contributed by atoms with van der Waals surface area (Å²) in [4.78, 5) is 23.2. The Morgan fingerprint density at radius 1 is 1.04 bits per heavy atom. The van der Waals surface area contributed by atoms with Crippen molar-refractivity contribution in [2.45, 2.75) is 25.5 Å². The predicted octanol–water partition coefficient (Wildman–Crippen LogP) is 3.64. The number of carboxylic acids is 1. The molecule has 2 aromatic rings. The summed E-state index contributed by atoms with van der Waals surface area (Å²) in [5.74, 6) is -0.707. The number of ketones is 1. The van der Waals surface area contributed by atoms with E-state index < -0.39 is 16.8 Å². The minimum atomic E-state index is -1.38. The lowest BCUT2D eigenvalue weighted by Gasteiger charge is -2.07. The summed E-state index contributed by atoms with van der Waals surface area (Å²) in [6.45, 7) is 4.16. The quantitative estimate of drug-likeness (QED) is 0.779. The van der Waals surface area contributed by atoms with Crippen molar-refractivity contribution >= 4 is 22.6 Å². The average Bonchev–Trinajstić information content (AvgIpc) is 2.55. The van der Waals surface area contributed by atoms with Gasteiger partial charge in [-0.2, -0.15) is 0 Å². The third-order valence-electron chi connectivity index (χ3n) is 3.69. The highest BCUT2D eigenvalue weighted by molar-refractivity contribution is 7.85. The predicted molar refractivity (Wildman–Crippen MR) is 95.0 cm³/mol. The second-order valence-electron chi connectivity index (χ2n) is 5.93. The van der Waals surface area contributed by atoms with Gasteiger partial charge < -0.3 is 5.11 Å². The van der Waals surface area contributed by atoms with Gasteiger partial charge in [-0.3, -0.25) is 9.00 Å². The molecule has 1 unspecified atom stereocenters. The Labute approximate surface area is 144 Å². The molecule has 0 saturated carbocycles. The first kappa shape index (κ1) is 18.1. The maximum atomic E-state index is 12.2. The summed E-state index contributed by atoms with van der Waals surface area (Å²) < 4.78 is 12.2. The molecule has 0 aromatic heterocycles. The van der Waals surface area contributed by atoms with Gasteiger partial charge in [0.05, 0.1) is 11.3 Å². The smallest absolute Gasteiger partial charge is 0.335 e. The highest BCUT2D eigenvalue weighted by Crippen LogP contribution is 2.15. The lowest BCUT2D eigenvalue weighted by Crippen LogP contribution is -2.12. The molecule has 0 amide bonds. The molecular weight excluding hydrogens is 324 g/mol. The Hall–Kier alpha value is -2.27. The first-order valence-corrected chi connectivity index (χ1v) is 9.16. The van der Waals surface area contributed by atoms with E-state index in [1.54, 1.807) is 24.3 Å². The molecule has 4 nitrogen and oxygen atoms in total. The second-order valence-corrected chi connectivity index (χ2v) is 7.39. The van der Waals surface area contributed by atoms with Crippen LogP contribution >= 0.6 is 0 Å². The molecular formula is C19H20O4S. The molecule has 2 rings (SSSR count). The van der Waals surface area contributed by atoms with Crippen LogP contribution in [0.15, 0.2) is 48.5 Å². The van der Waals surface area contributed by atoms with Gasteiger partial charge in [0.15, 0.2) is 5.78 Å². The molecule has 2 aromatic carbocycles. The number of aromatic carboxylic acids is 1. The number of rotatable bonds is 7. The van der Waals surface area contributed by atoms with Gasteiger partial charge in [-0.05, 0) is 29.2 Å². The molecule has 0 aliphatic heterocycles. The summed E-state index contributed by atoms with van der Waals surface area (Å²) in [5.41, 5.74) is 2.50.